The topological polar surface area (TPSA) is 43.8 Å². The molecule has 5 heteroatoms. The van der Waals surface area contributed by atoms with Crippen molar-refractivity contribution in [1.82, 2.24) is 9.78 Å². The molecule has 2 heterocycles. The summed E-state index contributed by atoms with van der Waals surface area (Å²) in [6, 6.07) is 0.637. The summed E-state index contributed by atoms with van der Waals surface area (Å²) in [6.07, 6.45) is 6.46. The molecule has 1 aromatic heterocycles. The molecule has 0 amide bonds. The highest BCUT2D eigenvalue weighted by molar-refractivity contribution is 9.10. The van der Waals surface area contributed by atoms with Crippen LogP contribution in [0.5, 0.6) is 0 Å². The average Bonchev–Trinajstić information content (AvgIpc) is 2.69. The van der Waals surface area contributed by atoms with Crippen molar-refractivity contribution >= 4 is 27.7 Å². The first kappa shape index (κ1) is 12.1. The first-order valence-corrected chi connectivity index (χ1v) is 6.66. The summed E-state index contributed by atoms with van der Waals surface area (Å²) in [7, 11) is 1.50. The fraction of sp³-hybridized carbons (Fsp3) is 0.667. The summed E-state index contributed by atoms with van der Waals surface area (Å²) in [4.78, 5) is 0. The fourth-order valence-electron chi connectivity index (χ4n) is 1.46. The highest BCUT2D eigenvalue weighted by Crippen LogP contribution is 2.26. The van der Waals surface area contributed by atoms with Crippen LogP contribution in [0.15, 0.2) is 16.9 Å². The number of thioether (sulfide) groups is 1. The van der Waals surface area contributed by atoms with E-state index in [-0.39, 0.29) is 0 Å². The lowest BCUT2D eigenvalue weighted by Gasteiger charge is -2.21. The number of aromatic nitrogens is 2. The average molecular weight is 278 g/mol. The quantitative estimate of drug-likeness (QED) is 0.857. The lowest BCUT2D eigenvalue weighted by atomic mass is 10.2. The van der Waals surface area contributed by atoms with E-state index in [0.29, 0.717) is 6.04 Å². The molecule has 2 rings (SSSR count). The molecule has 0 spiro atoms. The molecule has 2 N–H and O–H groups in total. The third-order valence-corrected chi connectivity index (χ3v) is 3.59. The van der Waals surface area contributed by atoms with Crippen LogP contribution in [-0.2, 0) is 0 Å². The molecule has 0 saturated carbocycles. The van der Waals surface area contributed by atoms with Gasteiger partial charge in [0.2, 0.25) is 0 Å². The minimum absolute atomic E-state index is 0.637. The first-order valence-electron chi connectivity index (χ1n) is 4.71. The van der Waals surface area contributed by atoms with Crippen molar-refractivity contribution in [2.45, 2.75) is 18.9 Å². The van der Waals surface area contributed by atoms with Crippen molar-refractivity contribution in [3.05, 3.63) is 16.9 Å². The van der Waals surface area contributed by atoms with Crippen LogP contribution in [0.3, 0.4) is 0 Å². The van der Waals surface area contributed by atoms with E-state index in [2.05, 4.69) is 37.6 Å². The van der Waals surface area contributed by atoms with Crippen LogP contribution in [0.2, 0.25) is 0 Å². The largest absolute Gasteiger partial charge is 0.333 e. The fourth-order valence-corrected chi connectivity index (χ4v) is 2.85. The van der Waals surface area contributed by atoms with Gasteiger partial charge < -0.3 is 5.73 Å². The van der Waals surface area contributed by atoms with Gasteiger partial charge >= 0.3 is 0 Å². The van der Waals surface area contributed by atoms with Gasteiger partial charge in [0.1, 0.15) is 0 Å². The Labute approximate surface area is 97.6 Å². The molecule has 0 aliphatic carbocycles. The standard InChI is InChI=1S/C8H11BrN2S.CH5N/c9-7-5-10-11(6-7)8-1-3-12-4-2-8;1-2/h5-6,8H,1-4H2;2H2,1H3. The Balaban J connectivity index is 0.000000461. The van der Waals surface area contributed by atoms with Crippen molar-refractivity contribution in [1.29, 1.82) is 0 Å². The third-order valence-electron chi connectivity index (χ3n) is 2.13. The molecule has 0 unspecified atom stereocenters. The molecular formula is C9H16BrN3S. The van der Waals surface area contributed by atoms with E-state index in [0.717, 1.165) is 4.47 Å². The number of halogens is 1. The van der Waals surface area contributed by atoms with Crippen LogP contribution in [0.25, 0.3) is 0 Å². The highest BCUT2D eigenvalue weighted by Gasteiger charge is 2.15. The monoisotopic (exact) mass is 277 g/mol. The van der Waals surface area contributed by atoms with Gasteiger partial charge in [-0.2, -0.15) is 16.9 Å². The van der Waals surface area contributed by atoms with E-state index in [9.17, 15) is 0 Å². The van der Waals surface area contributed by atoms with Gasteiger partial charge in [-0.15, -0.1) is 0 Å². The number of nitrogens with two attached hydrogens (primary N) is 1. The van der Waals surface area contributed by atoms with Crippen molar-refractivity contribution in [3.63, 3.8) is 0 Å². The molecule has 0 bridgehead atoms. The summed E-state index contributed by atoms with van der Waals surface area (Å²) in [5, 5.41) is 4.30. The van der Waals surface area contributed by atoms with E-state index in [1.165, 1.54) is 31.4 Å². The van der Waals surface area contributed by atoms with Crippen molar-refractivity contribution in [2.75, 3.05) is 18.6 Å². The Kier molecular flexibility index (Phi) is 5.59. The van der Waals surface area contributed by atoms with Gasteiger partial charge in [-0.1, -0.05) is 0 Å². The van der Waals surface area contributed by atoms with Crippen LogP contribution in [0.1, 0.15) is 18.9 Å². The highest BCUT2D eigenvalue weighted by atomic mass is 79.9. The van der Waals surface area contributed by atoms with Crippen LogP contribution in [-0.4, -0.2) is 28.3 Å². The third kappa shape index (κ3) is 3.29. The van der Waals surface area contributed by atoms with Gasteiger partial charge in [0, 0.05) is 6.20 Å². The molecule has 0 aromatic carbocycles. The van der Waals surface area contributed by atoms with Gasteiger partial charge in [-0.25, -0.2) is 0 Å². The Morgan fingerprint density at radius 1 is 1.50 bits per heavy atom. The van der Waals surface area contributed by atoms with Crippen molar-refractivity contribution in [2.24, 2.45) is 5.73 Å². The maximum atomic E-state index is 4.50. The molecule has 1 aliphatic rings. The Morgan fingerprint density at radius 3 is 2.64 bits per heavy atom. The molecule has 14 heavy (non-hydrogen) atoms. The summed E-state index contributed by atoms with van der Waals surface area (Å²) < 4.78 is 3.17. The van der Waals surface area contributed by atoms with Crippen molar-refractivity contribution < 1.29 is 0 Å². The molecule has 80 valence electrons. The molecule has 1 aliphatic heterocycles. The van der Waals surface area contributed by atoms with Crippen LogP contribution < -0.4 is 5.73 Å². The molecule has 0 radical (unpaired) electrons. The van der Waals surface area contributed by atoms with E-state index in [1.54, 1.807) is 0 Å². The zero-order valence-electron chi connectivity index (χ0n) is 8.32. The molecule has 1 saturated heterocycles. The molecular weight excluding hydrogens is 262 g/mol. The SMILES string of the molecule is Brc1cnn(C2CCSCC2)c1.CN. The second-order valence-electron chi connectivity index (χ2n) is 2.98. The maximum absolute atomic E-state index is 4.50. The Hall–Kier alpha value is -0.0000000000000000763. The number of nitrogens with zero attached hydrogens (tertiary/aromatic N) is 2. The minimum Gasteiger partial charge on any atom is -0.333 e. The second kappa shape index (κ2) is 6.48. The van der Waals surface area contributed by atoms with Gasteiger partial charge in [-0.3, -0.25) is 4.68 Å². The Morgan fingerprint density at radius 2 is 2.14 bits per heavy atom. The number of hydrogen-bond acceptors (Lipinski definition) is 3. The molecule has 1 aromatic rings. The lowest BCUT2D eigenvalue weighted by molar-refractivity contribution is 0.426. The molecule has 3 nitrogen and oxygen atoms in total. The van der Waals surface area contributed by atoms with Crippen molar-refractivity contribution in [3.8, 4) is 0 Å². The lowest BCUT2D eigenvalue weighted by Crippen LogP contribution is -2.15. The van der Waals surface area contributed by atoms with E-state index < -0.39 is 0 Å². The van der Waals surface area contributed by atoms with E-state index in [1.807, 2.05) is 18.0 Å². The predicted molar refractivity (Wildman–Crippen MR) is 65.6 cm³/mol. The minimum atomic E-state index is 0.637. The normalized spacial score (nSPS) is 17.4. The van der Waals surface area contributed by atoms with E-state index >= 15 is 0 Å². The molecule has 1 fully saturated rings. The van der Waals surface area contributed by atoms with Gasteiger partial charge in [0.05, 0.1) is 16.7 Å². The Bertz CT molecular complexity index is 258. The number of rotatable bonds is 1. The summed E-state index contributed by atoms with van der Waals surface area (Å²) in [6.45, 7) is 0. The van der Waals surface area contributed by atoms with Crippen LogP contribution in [0, 0.1) is 0 Å². The summed E-state index contributed by atoms with van der Waals surface area (Å²) in [5.41, 5.74) is 4.50. The predicted octanol–water partition coefficient (Wildman–Crippen LogP) is 2.29. The summed E-state index contributed by atoms with van der Waals surface area (Å²) >= 11 is 5.46. The zero-order chi connectivity index (χ0) is 10.4. The second-order valence-corrected chi connectivity index (χ2v) is 5.12. The smallest absolute Gasteiger partial charge is 0.0632 e. The van der Waals surface area contributed by atoms with Gasteiger partial charge in [0.25, 0.3) is 0 Å². The van der Waals surface area contributed by atoms with Gasteiger partial charge in [-0.05, 0) is 47.3 Å². The van der Waals surface area contributed by atoms with Gasteiger partial charge in [0.15, 0.2) is 0 Å². The summed E-state index contributed by atoms with van der Waals surface area (Å²) in [5.74, 6) is 2.56. The maximum Gasteiger partial charge on any atom is 0.0632 e. The zero-order valence-corrected chi connectivity index (χ0v) is 10.7. The molecule has 0 atom stereocenters. The van der Waals surface area contributed by atoms with Crippen LogP contribution in [0.4, 0.5) is 0 Å². The number of hydrogen-bond donors (Lipinski definition) is 1. The van der Waals surface area contributed by atoms with Crippen LogP contribution >= 0.6 is 27.7 Å². The first-order chi connectivity index (χ1) is 6.86. The van der Waals surface area contributed by atoms with E-state index in [4.69, 9.17) is 0 Å².